The largest absolute Gasteiger partial charge is 0.481 e. The molecule has 4 fully saturated rings. The number of piperidine rings is 4. The number of nitrogens with two attached hydrogens (primary N) is 1. The van der Waals surface area contributed by atoms with Crippen LogP contribution in [-0.4, -0.2) is 145 Å². The van der Waals surface area contributed by atoms with E-state index in [4.69, 9.17) is 20.3 Å². The fraction of sp³-hybridized carbons (Fsp3) is 0.362. The third-order valence-electron chi connectivity index (χ3n) is 18.8. The van der Waals surface area contributed by atoms with Crippen LogP contribution in [0.3, 0.4) is 0 Å². The zero-order valence-electron chi connectivity index (χ0n) is 63.6. The summed E-state index contributed by atoms with van der Waals surface area (Å²) < 4.78 is 67.7. The average Bonchev–Trinajstić information content (AvgIpc) is 1.63. The van der Waals surface area contributed by atoms with Gasteiger partial charge in [-0.15, -0.1) is 0 Å². The first-order chi connectivity index (χ1) is 52.4. The number of carbonyl (C=O) groups excluding carboxylic acids is 6. The van der Waals surface area contributed by atoms with Gasteiger partial charge in [-0.2, -0.15) is 54.0 Å². The van der Waals surface area contributed by atoms with Gasteiger partial charge < -0.3 is 56.3 Å². The van der Waals surface area contributed by atoms with Crippen LogP contribution in [0.5, 0.6) is 0 Å². The van der Waals surface area contributed by atoms with Crippen molar-refractivity contribution in [1.82, 2.24) is 40.0 Å². The maximum Gasteiger partial charge on any atom is 0.410 e. The van der Waals surface area contributed by atoms with E-state index in [1.165, 1.54) is 106 Å². The summed E-state index contributed by atoms with van der Waals surface area (Å²) in [5, 5.41) is 30.2. The minimum absolute atomic E-state index is 0. The number of likely N-dealkylation sites (tertiary alicyclic amines) is 3. The van der Waals surface area contributed by atoms with Crippen molar-refractivity contribution in [2.24, 2.45) is 23.7 Å². The Morgan fingerprint density at radius 3 is 1.11 bits per heavy atom. The maximum absolute atomic E-state index is 13.5. The highest BCUT2D eigenvalue weighted by atomic mass is 32.1. The van der Waals surface area contributed by atoms with E-state index < -0.39 is 35.3 Å². The number of fused-ring (bicyclic) bond motifs is 12. The lowest BCUT2D eigenvalue weighted by atomic mass is 9.97. The Morgan fingerprint density at radius 1 is 0.447 bits per heavy atom. The number of hydrogen-bond donors (Lipinski definition) is 6. The first-order valence-corrected chi connectivity index (χ1v) is 39.5. The molecule has 4 atom stereocenters. The molecule has 12 aromatic rings. The number of nitrogen functional groups attached to an aromatic ring is 1. The Morgan fingerprint density at radius 2 is 0.763 bits per heavy atom. The quantitative estimate of drug-likeness (QED) is 0.0808. The molecule has 8 heterocycles. The predicted octanol–water partition coefficient (Wildman–Crippen LogP) is 17.8. The minimum Gasteiger partial charge on any atom is -0.481 e. The summed E-state index contributed by atoms with van der Waals surface area (Å²) in [5.74, 6) is -3.10. The fourth-order valence-corrected chi connectivity index (χ4v) is 17.3. The number of halogens is 4. The second-order valence-corrected chi connectivity index (χ2v) is 33.4. The number of aromatic nitrogens is 4. The highest BCUT2D eigenvalue weighted by Gasteiger charge is 2.34. The van der Waals surface area contributed by atoms with Gasteiger partial charge in [0.1, 0.15) is 34.5 Å². The van der Waals surface area contributed by atoms with Crippen LogP contribution >= 0.6 is 99.3 Å². The molecule has 4 aliphatic rings. The number of carbonyl (C=O) groups is 7. The monoisotopic (exact) mass is 1710 g/mol. The molecule has 6 amide bonds. The highest BCUT2D eigenvalue weighted by Crippen LogP contribution is 2.38. The van der Waals surface area contributed by atoms with Gasteiger partial charge in [0.2, 0.25) is 23.6 Å². The van der Waals surface area contributed by atoms with Crippen molar-refractivity contribution >= 4 is 246 Å². The van der Waals surface area contributed by atoms with Gasteiger partial charge in [-0.25, -0.2) is 47.1 Å². The molecule has 4 saturated heterocycles. The van der Waals surface area contributed by atoms with Gasteiger partial charge in [-0.05, 0) is 218 Å². The molecule has 34 heteroatoms. The molecule has 0 spiro atoms. The molecular formula is C80H92F4N12O10S8. The minimum atomic E-state index is -0.840. The van der Waals surface area contributed by atoms with Crippen LogP contribution < -0.4 is 27.0 Å². The fourth-order valence-electron chi connectivity index (χ4n) is 13.4. The zero-order valence-corrected chi connectivity index (χ0v) is 70.9. The lowest BCUT2D eigenvalue weighted by molar-refractivity contribution is -0.143. The third kappa shape index (κ3) is 23.2. The number of nitrogens with one attached hydrogen (secondary N) is 4. The number of amides is 6. The summed E-state index contributed by atoms with van der Waals surface area (Å²) >= 11 is 5.63. The Balaban J connectivity index is 0.000000181. The van der Waals surface area contributed by atoms with E-state index in [9.17, 15) is 51.1 Å². The molecule has 0 saturated carbocycles. The second kappa shape index (κ2) is 39.6. The number of thiazole rings is 4. The Hall–Kier alpha value is -8.87. The van der Waals surface area contributed by atoms with E-state index in [-0.39, 0.29) is 125 Å². The summed E-state index contributed by atoms with van der Waals surface area (Å²) in [5.41, 5.74) is 7.77. The van der Waals surface area contributed by atoms with Crippen LogP contribution in [0, 0.1) is 46.9 Å². The maximum atomic E-state index is 13.5. The van der Waals surface area contributed by atoms with E-state index in [1.54, 1.807) is 54.8 Å². The normalized spacial score (nSPS) is 16.8. The molecule has 608 valence electrons. The third-order valence-corrected chi connectivity index (χ3v) is 22.8. The van der Waals surface area contributed by atoms with Crippen molar-refractivity contribution in [3.8, 4) is 0 Å². The van der Waals surface area contributed by atoms with E-state index >= 15 is 0 Å². The molecule has 4 aliphatic heterocycles. The van der Waals surface area contributed by atoms with Crippen LogP contribution in [0.15, 0.2) is 121 Å². The SMILES string of the molecule is CC(=O)N1CCC[C@H](C(=O)Nc2nc3ccc4cc(F)ccc4c3s2)C1.CC(C)(C)OC(=O)N1CCC[C@H](C(=O)Nc2nc3ccc4cc(F)ccc4c3s2)C1.CC(C)(C)OC(=O)N1CCC[C@H](C(=O)O)C1.Nc1nc2ccc3cc(F)ccc3c2s1.O=C(Nc1nc2ccc3cc(F)ccc3c2s1)[C@H]1CCCNC1.S.S.S.S. The summed E-state index contributed by atoms with van der Waals surface area (Å²) in [6.45, 7) is 17.0. The number of benzene rings is 8. The van der Waals surface area contributed by atoms with Crippen molar-refractivity contribution in [2.45, 2.75) is 111 Å². The first-order valence-electron chi connectivity index (χ1n) is 36.2. The number of carboxylic acids is 1. The summed E-state index contributed by atoms with van der Waals surface area (Å²) in [7, 11) is 0. The molecule has 0 radical (unpaired) electrons. The van der Waals surface area contributed by atoms with Gasteiger partial charge >= 0.3 is 18.2 Å². The van der Waals surface area contributed by atoms with Gasteiger partial charge in [0.05, 0.1) is 64.5 Å². The van der Waals surface area contributed by atoms with Gasteiger partial charge in [0, 0.05) is 74.3 Å². The standard InChI is InChI=1S/C22H24FN3O3S.C19H18FN3O2S.C17H16FN3OS.C11H7FN2S.C11H19NO4.4H2S/c1-22(2,3)29-21(28)26-10-4-5-14(12-26)19(27)25-20-24-17-9-6-13-11-15(23)7-8-16(13)18(17)30-20;1-11(24)23-8-2-3-13(10-23)18(25)22-19-21-16-7-4-12-9-14(20)5-6-15(12)17(16)26-19;18-12-4-5-13-10(8-12)3-6-14-15(13)23-17(20-14)21-16(22)11-2-1-7-19-9-11;12-7-2-3-8-6(5-7)1-4-9-10(8)15-11(13)14-9;1-11(2,3)16-10(15)12-6-4-5-8(7-12)9(13)14;;;;/h6-9,11,14H,4-5,10,12H2,1-3H3,(H,24,25,27);4-7,9,13H,2-3,8,10H2,1H3,(H,21,22,25);3-6,8,11,19H,1-2,7,9H2,(H,20,21,22);1-5H,(H2,13,14);8H,4-7H2,1-3H3,(H,13,14);4*1H2/t14-;13-;11-;;8-;;;;/m000.0..../s1. The molecule has 4 aromatic heterocycles. The molecule has 0 bridgehead atoms. The predicted molar refractivity (Wildman–Crippen MR) is 469 cm³/mol. The van der Waals surface area contributed by atoms with Crippen LogP contribution in [-0.2, 0) is 33.4 Å². The van der Waals surface area contributed by atoms with Gasteiger partial charge in [0.15, 0.2) is 20.5 Å². The van der Waals surface area contributed by atoms with E-state index in [1.807, 2.05) is 69.3 Å². The number of carboxylic acid groups (broad SMARTS) is 1. The number of anilines is 4. The van der Waals surface area contributed by atoms with Crippen LogP contribution in [0.25, 0.3) is 84.0 Å². The molecule has 0 aliphatic carbocycles. The summed E-state index contributed by atoms with van der Waals surface area (Å²) in [6, 6.07) is 33.5. The van der Waals surface area contributed by atoms with E-state index in [0.717, 1.165) is 136 Å². The van der Waals surface area contributed by atoms with Crippen LogP contribution in [0.2, 0.25) is 0 Å². The number of rotatable bonds is 7. The lowest BCUT2D eigenvalue weighted by Gasteiger charge is -2.33. The Labute approximate surface area is 699 Å². The van der Waals surface area contributed by atoms with Gasteiger partial charge in [0.25, 0.3) is 0 Å². The Bertz CT molecular complexity index is 5480. The van der Waals surface area contributed by atoms with Crippen molar-refractivity contribution in [3.63, 3.8) is 0 Å². The lowest BCUT2D eigenvalue weighted by Crippen LogP contribution is -2.45. The van der Waals surface area contributed by atoms with Gasteiger partial charge in [-0.3, -0.25) is 24.0 Å². The summed E-state index contributed by atoms with van der Waals surface area (Å²) in [6.07, 6.45) is 5.52. The number of nitrogens with zero attached hydrogens (tertiary/aromatic N) is 7. The van der Waals surface area contributed by atoms with Crippen molar-refractivity contribution in [3.05, 3.63) is 145 Å². The molecule has 8 aromatic carbocycles. The van der Waals surface area contributed by atoms with E-state index in [2.05, 4.69) is 41.2 Å². The van der Waals surface area contributed by atoms with Gasteiger partial charge in [-0.1, -0.05) is 69.6 Å². The van der Waals surface area contributed by atoms with Crippen molar-refractivity contribution in [1.29, 1.82) is 0 Å². The Kier molecular flexibility index (Phi) is 31.5. The first kappa shape index (κ1) is 90.7. The molecular weight excluding hydrogens is 1620 g/mol. The molecule has 16 rings (SSSR count). The second-order valence-electron chi connectivity index (χ2n) is 29.4. The van der Waals surface area contributed by atoms with Crippen molar-refractivity contribution in [2.75, 3.05) is 74.0 Å². The average molecular weight is 1710 g/mol. The van der Waals surface area contributed by atoms with E-state index in [0.29, 0.717) is 66.1 Å². The highest BCUT2D eigenvalue weighted by molar-refractivity contribution is 7.59. The number of hydrogen-bond acceptors (Lipinski definition) is 19. The number of ether oxygens (including phenoxy) is 2. The zero-order chi connectivity index (χ0) is 78.3. The number of aliphatic carboxylic acids is 1. The molecule has 0 unspecified atom stereocenters. The topological polar surface area (TPSA) is 294 Å². The molecule has 114 heavy (non-hydrogen) atoms. The molecule has 7 N–H and O–H groups in total. The van der Waals surface area contributed by atoms with Crippen molar-refractivity contribution < 1.29 is 65.7 Å². The van der Waals surface area contributed by atoms with Crippen LogP contribution in [0.1, 0.15) is 99.8 Å². The summed E-state index contributed by atoms with van der Waals surface area (Å²) in [4.78, 5) is 107. The smallest absolute Gasteiger partial charge is 0.410 e. The van der Waals surface area contributed by atoms with Crippen LogP contribution in [0.4, 0.5) is 47.7 Å². The molecule has 22 nitrogen and oxygen atoms in total.